The first kappa shape index (κ1) is 9.26. The van der Waals surface area contributed by atoms with Crippen LogP contribution in [0.15, 0.2) is 39.6 Å². The Labute approximate surface area is 83.9 Å². The lowest BCUT2D eigenvalue weighted by Gasteiger charge is -1.97. The van der Waals surface area contributed by atoms with E-state index in [4.69, 9.17) is 5.11 Å². The number of aromatic nitrogens is 1. The molecule has 0 aliphatic heterocycles. The molecule has 5 nitrogen and oxygen atoms in total. The number of rotatable bonds is 2. The van der Waals surface area contributed by atoms with Crippen LogP contribution in [0.5, 0.6) is 0 Å². The van der Waals surface area contributed by atoms with Crippen molar-refractivity contribution < 1.29 is 14.4 Å². The molecule has 0 spiro atoms. The zero-order chi connectivity index (χ0) is 10.8. The molecule has 0 saturated heterocycles. The van der Waals surface area contributed by atoms with Gasteiger partial charge < -0.3 is 9.63 Å². The van der Waals surface area contributed by atoms with Gasteiger partial charge in [0.25, 0.3) is 0 Å². The van der Waals surface area contributed by atoms with Crippen LogP contribution in [0, 0.1) is 0 Å². The molecule has 2 rings (SSSR count). The van der Waals surface area contributed by atoms with E-state index in [9.17, 15) is 9.59 Å². The Morgan fingerprint density at radius 3 is 2.40 bits per heavy atom. The molecule has 1 aromatic carbocycles. The molecule has 1 aromatic heterocycles. The predicted octanol–water partition coefficient (Wildman–Crippen LogP) is 1.33. The van der Waals surface area contributed by atoms with Crippen LogP contribution in [0.3, 0.4) is 0 Å². The van der Waals surface area contributed by atoms with Crippen molar-refractivity contribution in [1.29, 1.82) is 0 Å². The Bertz CT molecular complexity index is 535. The number of aromatic carboxylic acids is 1. The molecule has 0 fully saturated rings. The van der Waals surface area contributed by atoms with Crippen molar-refractivity contribution in [2.24, 2.45) is 0 Å². The number of H-pyrrole nitrogens is 1. The van der Waals surface area contributed by atoms with Crippen LogP contribution in [0.2, 0.25) is 0 Å². The number of hydrogen-bond donors (Lipinski definition) is 2. The first-order chi connectivity index (χ1) is 7.16. The zero-order valence-corrected chi connectivity index (χ0v) is 7.56. The molecule has 76 valence electrons. The fourth-order valence-electron chi connectivity index (χ4n) is 1.22. The SMILES string of the molecule is O=C(O)c1ccc(-c2cc(=O)o[nH]2)cc1. The van der Waals surface area contributed by atoms with Gasteiger partial charge in [0.05, 0.1) is 17.3 Å². The van der Waals surface area contributed by atoms with E-state index in [2.05, 4.69) is 9.68 Å². The molecule has 0 amide bonds. The average Bonchev–Trinajstić information content (AvgIpc) is 2.65. The summed E-state index contributed by atoms with van der Waals surface area (Å²) in [4.78, 5) is 21.3. The summed E-state index contributed by atoms with van der Waals surface area (Å²) in [6, 6.07) is 7.43. The third-order valence-corrected chi connectivity index (χ3v) is 1.97. The number of nitrogens with one attached hydrogen (secondary N) is 1. The maximum Gasteiger partial charge on any atom is 0.357 e. The quantitative estimate of drug-likeness (QED) is 0.774. The van der Waals surface area contributed by atoms with Gasteiger partial charge in [0.1, 0.15) is 0 Å². The maximum absolute atomic E-state index is 10.7. The number of benzene rings is 1. The number of carboxylic acids is 1. The lowest BCUT2D eigenvalue weighted by Crippen LogP contribution is -1.94. The lowest BCUT2D eigenvalue weighted by molar-refractivity contribution is 0.0697. The zero-order valence-electron chi connectivity index (χ0n) is 7.56. The van der Waals surface area contributed by atoms with Crippen LogP contribution < -0.4 is 5.63 Å². The minimum absolute atomic E-state index is 0.199. The third kappa shape index (κ3) is 1.80. The standard InChI is InChI=1S/C10H7NO4/c12-9-5-8(11-15-9)6-1-3-7(4-2-6)10(13)14/h1-5,11H,(H,13,14). The maximum atomic E-state index is 10.7. The van der Waals surface area contributed by atoms with Gasteiger partial charge in [-0.3, -0.25) is 0 Å². The van der Waals surface area contributed by atoms with E-state index in [1.54, 1.807) is 12.1 Å². The Hall–Kier alpha value is -2.30. The normalized spacial score (nSPS) is 10.1. The first-order valence-electron chi connectivity index (χ1n) is 4.19. The van der Waals surface area contributed by atoms with E-state index < -0.39 is 11.6 Å². The summed E-state index contributed by atoms with van der Waals surface area (Å²) >= 11 is 0. The molecular formula is C10H7NO4. The third-order valence-electron chi connectivity index (χ3n) is 1.97. The van der Waals surface area contributed by atoms with E-state index in [0.29, 0.717) is 11.3 Å². The van der Waals surface area contributed by atoms with E-state index in [0.717, 1.165) is 0 Å². The number of carboxylic acid groups (broad SMARTS) is 1. The average molecular weight is 205 g/mol. The van der Waals surface area contributed by atoms with E-state index in [-0.39, 0.29) is 5.56 Å². The highest BCUT2D eigenvalue weighted by Crippen LogP contribution is 2.15. The summed E-state index contributed by atoms with van der Waals surface area (Å²) < 4.78 is 4.50. The van der Waals surface area contributed by atoms with Crippen molar-refractivity contribution in [3.63, 3.8) is 0 Å². The molecule has 5 heteroatoms. The molecular weight excluding hydrogens is 198 g/mol. The van der Waals surface area contributed by atoms with Gasteiger partial charge in [0.2, 0.25) is 0 Å². The monoisotopic (exact) mass is 205 g/mol. The van der Waals surface area contributed by atoms with Gasteiger partial charge in [-0.05, 0) is 12.1 Å². The van der Waals surface area contributed by atoms with Crippen molar-refractivity contribution in [2.45, 2.75) is 0 Å². The Balaban J connectivity index is 2.39. The van der Waals surface area contributed by atoms with E-state index >= 15 is 0 Å². The predicted molar refractivity (Wildman–Crippen MR) is 51.7 cm³/mol. The fourth-order valence-corrected chi connectivity index (χ4v) is 1.22. The van der Waals surface area contributed by atoms with Gasteiger partial charge >= 0.3 is 11.6 Å². The largest absolute Gasteiger partial charge is 0.478 e. The molecule has 2 N–H and O–H groups in total. The minimum Gasteiger partial charge on any atom is -0.478 e. The molecule has 1 heterocycles. The van der Waals surface area contributed by atoms with Crippen LogP contribution in [-0.2, 0) is 0 Å². The van der Waals surface area contributed by atoms with Gasteiger partial charge in [-0.25, -0.2) is 14.7 Å². The van der Waals surface area contributed by atoms with E-state index in [1.807, 2.05) is 0 Å². The molecule has 0 atom stereocenters. The summed E-state index contributed by atoms with van der Waals surface area (Å²) in [5.41, 5.74) is 0.958. The van der Waals surface area contributed by atoms with Gasteiger partial charge in [-0.2, -0.15) is 0 Å². The molecule has 0 aliphatic rings. The Morgan fingerprint density at radius 2 is 1.93 bits per heavy atom. The van der Waals surface area contributed by atoms with Crippen molar-refractivity contribution >= 4 is 5.97 Å². The second kappa shape index (κ2) is 3.45. The van der Waals surface area contributed by atoms with Crippen molar-refractivity contribution in [2.75, 3.05) is 0 Å². The highest BCUT2D eigenvalue weighted by molar-refractivity contribution is 5.88. The minimum atomic E-state index is -0.984. The number of aromatic amines is 1. The molecule has 0 radical (unpaired) electrons. The fraction of sp³-hybridized carbons (Fsp3) is 0. The summed E-state index contributed by atoms with van der Waals surface area (Å²) in [7, 11) is 0. The molecule has 0 aliphatic carbocycles. The van der Waals surface area contributed by atoms with Gasteiger partial charge in [0.15, 0.2) is 0 Å². The smallest absolute Gasteiger partial charge is 0.357 e. The van der Waals surface area contributed by atoms with Gasteiger partial charge in [-0.1, -0.05) is 12.1 Å². The summed E-state index contributed by atoms with van der Waals surface area (Å²) in [5.74, 6) is -0.984. The molecule has 2 aromatic rings. The Morgan fingerprint density at radius 1 is 1.27 bits per heavy atom. The summed E-state index contributed by atoms with van der Waals surface area (Å²) in [6.45, 7) is 0. The molecule has 0 saturated carbocycles. The van der Waals surface area contributed by atoms with Crippen molar-refractivity contribution in [1.82, 2.24) is 5.16 Å². The molecule has 0 bridgehead atoms. The van der Waals surface area contributed by atoms with Crippen LogP contribution >= 0.6 is 0 Å². The Kier molecular flexibility index (Phi) is 2.13. The summed E-state index contributed by atoms with van der Waals surface area (Å²) in [6.07, 6.45) is 0. The summed E-state index contributed by atoms with van der Waals surface area (Å²) in [5, 5.41) is 11.1. The van der Waals surface area contributed by atoms with Crippen LogP contribution in [0.25, 0.3) is 11.3 Å². The lowest BCUT2D eigenvalue weighted by atomic mass is 10.1. The van der Waals surface area contributed by atoms with Crippen LogP contribution in [0.1, 0.15) is 10.4 Å². The number of carbonyl (C=O) groups is 1. The number of hydrogen-bond acceptors (Lipinski definition) is 3. The van der Waals surface area contributed by atoms with Crippen LogP contribution in [0.4, 0.5) is 0 Å². The van der Waals surface area contributed by atoms with Crippen molar-refractivity contribution in [3.8, 4) is 11.3 Å². The first-order valence-corrected chi connectivity index (χ1v) is 4.19. The second-order valence-corrected chi connectivity index (χ2v) is 2.96. The highest BCUT2D eigenvalue weighted by atomic mass is 16.5. The molecule has 0 unspecified atom stereocenters. The second-order valence-electron chi connectivity index (χ2n) is 2.96. The van der Waals surface area contributed by atoms with E-state index in [1.165, 1.54) is 18.2 Å². The van der Waals surface area contributed by atoms with Crippen LogP contribution in [-0.4, -0.2) is 16.2 Å². The highest BCUT2D eigenvalue weighted by Gasteiger charge is 2.04. The topological polar surface area (TPSA) is 83.3 Å². The van der Waals surface area contributed by atoms with Crippen molar-refractivity contribution in [3.05, 3.63) is 46.3 Å². The van der Waals surface area contributed by atoms with Gasteiger partial charge in [-0.15, -0.1) is 0 Å². The molecule has 15 heavy (non-hydrogen) atoms. The van der Waals surface area contributed by atoms with Gasteiger partial charge in [0, 0.05) is 5.56 Å².